The predicted molar refractivity (Wildman–Crippen MR) is 101 cm³/mol. The fourth-order valence-electron chi connectivity index (χ4n) is 2.45. The number of likely N-dealkylation sites (N-methyl/N-ethyl adjacent to an activating group) is 1. The Hall–Kier alpha value is -2.80. The van der Waals surface area contributed by atoms with Crippen LogP contribution in [0.15, 0.2) is 52.4 Å². The molecule has 1 aliphatic heterocycles. The van der Waals surface area contributed by atoms with E-state index in [9.17, 15) is 14.3 Å². The van der Waals surface area contributed by atoms with Crippen LogP contribution in [0, 0.1) is 5.82 Å². The molecule has 0 saturated carbocycles. The van der Waals surface area contributed by atoms with E-state index in [0.29, 0.717) is 27.9 Å². The molecule has 134 valence electrons. The Kier molecular flexibility index (Phi) is 5.27. The minimum atomic E-state index is -0.440. The third-order valence-corrected chi connectivity index (χ3v) is 4.78. The Bertz CT molecular complexity index is 911. The number of phenols is 1. The van der Waals surface area contributed by atoms with E-state index in [4.69, 9.17) is 4.74 Å². The molecule has 1 aliphatic rings. The van der Waals surface area contributed by atoms with Crippen LogP contribution >= 0.6 is 11.8 Å². The summed E-state index contributed by atoms with van der Waals surface area (Å²) >= 11 is 1.18. The highest BCUT2D eigenvalue weighted by molar-refractivity contribution is 8.18. The van der Waals surface area contributed by atoms with Crippen LogP contribution in [0.4, 0.5) is 10.1 Å². The van der Waals surface area contributed by atoms with Crippen LogP contribution in [0.2, 0.25) is 0 Å². The first-order chi connectivity index (χ1) is 12.5. The van der Waals surface area contributed by atoms with Crippen LogP contribution < -0.4 is 4.74 Å². The second-order valence-corrected chi connectivity index (χ2v) is 6.45. The van der Waals surface area contributed by atoms with Gasteiger partial charge in [-0.1, -0.05) is 18.2 Å². The van der Waals surface area contributed by atoms with Crippen molar-refractivity contribution >= 4 is 34.6 Å². The van der Waals surface area contributed by atoms with Crippen molar-refractivity contribution < 1.29 is 19.0 Å². The summed E-state index contributed by atoms with van der Waals surface area (Å²) in [5.41, 5.74) is 0.896. The number of hydrogen-bond acceptors (Lipinski definition) is 5. The van der Waals surface area contributed by atoms with Crippen LogP contribution in [0.3, 0.4) is 0 Å². The summed E-state index contributed by atoms with van der Waals surface area (Å²) in [5.74, 6) is -0.288. The molecule has 1 fully saturated rings. The molecule has 2 aromatic carbocycles. The summed E-state index contributed by atoms with van der Waals surface area (Å²) < 4.78 is 19.0. The number of aliphatic imine (C=N–C) groups is 1. The summed E-state index contributed by atoms with van der Waals surface area (Å²) in [5, 5.41) is 10.1. The van der Waals surface area contributed by atoms with Gasteiger partial charge in [0.1, 0.15) is 11.5 Å². The number of hydrogen-bond donors (Lipinski definition) is 1. The molecule has 0 radical (unpaired) electrons. The number of phenolic OH excluding ortho intramolecular Hbond substituents is 1. The maximum Gasteiger partial charge on any atom is 0.266 e. The van der Waals surface area contributed by atoms with E-state index < -0.39 is 5.82 Å². The zero-order valence-electron chi connectivity index (χ0n) is 14.3. The maximum absolute atomic E-state index is 13.9. The van der Waals surface area contributed by atoms with Gasteiger partial charge in [-0.25, -0.2) is 9.38 Å². The molecular formula is C19H17FN2O3S. The molecule has 3 rings (SSSR count). The second-order valence-electron chi connectivity index (χ2n) is 5.44. The van der Waals surface area contributed by atoms with Gasteiger partial charge in [-0.15, -0.1) is 0 Å². The third-order valence-electron chi connectivity index (χ3n) is 3.77. The van der Waals surface area contributed by atoms with Gasteiger partial charge in [0, 0.05) is 6.54 Å². The number of nitrogens with zero attached hydrogens (tertiary/aromatic N) is 2. The van der Waals surface area contributed by atoms with Crippen molar-refractivity contribution in [3.05, 3.63) is 58.8 Å². The Morgan fingerprint density at radius 2 is 2.08 bits per heavy atom. The maximum atomic E-state index is 13.9. The van der Waals surface area contributed by atoms with Gasteiger partial charge in [0.05, 0.1) is 12.0 Å². The highest BCUT2D eigenvalue weighted by Crippen LogP contribution is 2.35. The lowest BCUT2D eigenvalue weighted by molar-refractivity contribution is -0.122. The summed E-state index contributed by atoms with van der Waals surface area (Å²) in [7, 11) is 1.46. The molecule has 1 saturated heterocycles. The second kappa shape index (κ2) is 7.61. The number of aromatic hydroxyl groups is 1. The molecule has 0 unspecified atom stereocenters. The number of carbonyl (C=O) groups excluding carboxylic acids is 1. The highest BCUT2D eigenvalue weighted by Gasteiger charge is 2.32. The number of rotatable bonds is 4. The smallest absolute Gasteiger partial charge is 0.266 e. The van der Waals surface area contributed by atoms with E-state index in [1.807, 2.05) is 6.92 Å². The largest absolute Gasteiger partial charge is 0.504 e. The minimum absolute atomic E-state index is 0.0250. The van der Waals surface area contributed by atoms with E-state index >= 15 is 0 Å². The lowest BCUT2D eigenvalue weighted by Gasteiger charge is -2.12. The van der Waals surface area contributed by atoms with Gasteiger partial charge in [0.2, 0.25) is 0 Å². The van der Waals surface area contributed by atoms with Crippen molar-refractivity contribution in [3.63, 3.8) is 0 Å². The van der Waals surface area contributed by atoms with Gasteiger partial charge in [0.25, 0.3) is 5.91 Å². The van der Waals surface area contributed by atoms with E-state index in [1.165, 1.54) is 35.9 Å². The van der Waals surface area contributed by atoms with Crippen LogP contribution in [0.5, 0.6) is 11.5 Å². The van der Waals surface area contributed by atoms with E-state index in [-0.39, 0.29) is 17.3 Å². The lowest BCUT2D eigenvalue weighted by Crippen LogP contribution is -2.28. The zero-order valence-corrected chi connectivity index (χ0v) is 15.1. The average Bonchev–Trinajstić information content (AvgIpc) is 2.93. The van der Waals surface area contributed by atoms with Gasteiger partial charge in [-0.3, -0.25) is 9.69 Å². The number of thioether (sulfide) groups is 1. The van der Waals surface area contributed by atoms with Crippen LogP contribution in [0.1, 0.15) is 12.5 Å². The molecule has 1 amide bonds. The Morgan fingerprint density at radius 1 is 1.31 bits per heavy atom. The molecule has 0 atom stereocenters. The van der Waals surface area contributed by atoms with Crippen molar-refractivity contribution in [2.75, 3.05) is 13.7 Å². The Balaban J connectivity index is 1.96. The predicted octanol–water partition coefficient (Wildman–Crippen LogP) is 4.16. The first-order valence-corrected chi connectivity index (χ1v) is 8.76. The van der Waals surface area contributed by atoms with E-state index in [2.05, 4.69) is 4.99 Å². The number of halogens is 1. The first-order valence-electron chi connectivity index (χ1n) is 7.95. The molecule has 0 bridgehead atoms. The molecule has 0 aliphatic carbocycles. The number of carbonyl (C=O) groups is 1. The number of amides is 1. The summed E-state index contributed by atoms with van der Waals surface area (Å²) in [4.78, 5) is 18.9. The van der Waals surface area contributed by atoms with Gasteiger partial charge in [-0.05, 0) is 54.6 Å². The van der Waals surface area contributed by atoms with Crippen molar-refractivity contribution in [2.24, 2.45) is 4.99 Å². The van der Waals surface area contributed by atoms with E-state index in [1.54, 1.807) is 36.4 Å². The summed E-state index contributed by atoms with van der Waals surface area (Å²) in [6, 6.07) is 11.0. The van der Waals surface area contributed by atoms with Crippen molar-refractivity contribution in [2.45, 2.75) is 6.92 Å². The topological polar surface area (TPSA) is 62.1 Å². The zero-order chi connectivity index (χ0) is 18.7. The number of amidine groups is 1. The number of methoxy groups -OCH3 is 1. The van der Waals surface area contributed by atoms with Gasteiger partial charge < -0.3 is 9.84 Å². The fourth-order valence-corrected chi connectivity index (χ4v) is 3.51. The fraction of sp³-hybridized carbons (Fsp3) is 0.158. The first kappa shape index (κ1) is 18.0. The monoisotopic (exact) mass is 372 g/mol. The highest BCUT2D eigenvalue weighted by atomic mass is 32.2. The quantitative estimate of drug-likeness (QED) is 0.819. The van der Waals surface area contributed by atoms with Gasteiger partial charge in [0.15, 0.2) is 16.7 Å². The molecule has 1 N–H and O–H groups in total. The van der Waals surface area contributed by atoms with Crippen LogP contribution in [-0.2, 0) is 4.79 Å². The van der Waals surface area contributed by atoms with Crippen LogP contribution in [0.25, 0.3) is 6.08 Å². The molecule has 26 heavy (non-hydrogen) atoms. The number of ether oxygens (including phenoxy) is 1. The number of benzene rings is 2. The lowest BCUT2D eigenvalue weighted by atomic mass is 10.2. The van der Waals surface area contributed by atoms with Crippen molar-refractivity contribution in [1.29, 1.82) is 0 Å². The summed E-state index contributed by atoms with van der Waals surface area (Å²) in [6.07, 6.45) is 1.70. The van der Waals surface area contributed by atoms with Crippen molar-refractivity contribution in [3.8, 4) is 11.5 Å². The summed E-state index contributed by atoms with van der Waals surface area (Å²) in [6.45, 7) is 2.26. The normalized spacial score (nSPS) is 17.3. The van der Waals surface area contributed by atoms with E-state index in [0.717, 1.165) is 0 Å². The Morgan fingerprint density at radius 3 is 2.77 bits per heavy atom. The number of para-hydroxylation sites is 1. The molecule has 1 heterocycles. The molecule has 0 spiro atoms. The van der Waals surface area contributed by atoms with Gasteiger partial charge >= 0.3 is 0 Å². The average molecular weight is 372 g/mol. The molecule has 2 aromatic rings. The van der Waals surface area contributed by atoms with Crippen molar-refractivity contribution in [1.82, 2.24) is 4.90 Å². The van der Waals surface area contributed by atoms with Crippen LogP contribution in [-0.4, -0.2) is 34.7 Å². The third kappa shape index (κ3) is 3.57. The molecular weight excluding hydrogens is 355 g/mol. The minimum Gasteiger partial charge on any atom is -0.504 e. The molecule has 0 aromatic heterocycles. The SMILES string of the molecule is CCN1C(=O)/C(=C\c2ccc(O)c(OC)c2)SC1=Nc1ccccc1F. The molecule has 5 nitrogen and oxygen atoms in total. The molecule has 7 heteroatoms. The van der Waals surface area contributed by atoms with Gasteiger partial charge in [-0.2, -0.15) is 0 Å². The Labute approximate surface area is 154 Å². The standard InChI is InChI=1S/C19H17FN2O3S/c1-3-22-18(24)17(11-12-8-9-15(23)16(10-12)25-2)26-19(22)21-14-7-5-4-6-13(14)20/h4-11,23H,3H2,1-2H3/b17-11+,21-19?.